The predicted octanol–water partition coefficient (Wildman–Crippen LogP) is 4.59. The van der Waals surface area contributed by atoms with Crippen LogP contribution in [0.3, 0.4) is 0 Å². The van der Waals surface area contributed by atoms with Crippen LogP contribution in [0, 0.1) is 22.7 Å². The first-order valence-corrected chi connectivity index (χ1v) is 24.0. The average Bonchev–Trinajstić information content (AvgIpc) is 3.48. The molecule has 0 amide bonds. The molecule has 3 heterocycles. The van der Waals surface area contributed by atoms with Gasteiger partial charge in [0.2, 0.25) is 0 Å². The van der Waals surface area contributed by atoms with Crippen LogP contribution >= 0.6 is 0 Å². The van der Waals surface area contributed by atoms with E-state index in [4.69, 9.17) is 47.4 Å². The van der Waals surface area contributed by atoms with Crippen molar-refractivity contribution in [3.05, 3.63) is 23.3 Å². The molecule has 0 aromatic rings. The Kier molecular flexibility index (Phi) is 15.0. The van der Waals surface area contributed by atoms with Gasteiger partial charge in [-0.05, 0) is 97.8 Å². The second-order valence-electron chi connectivity index (χ2n) is 21.0. The van der Waals surface area contributed by atoms with Gasteiger partial charge in [0.15, 0.2) is 24.7 Å². The Labute approximate surface area is 384 Å². The van der Waals surface area contributed by atoms with E-state index in [1.807, 2.05) is 40.7 Å². The summed E-state index contributed by atoms with van der Waals surface area (Å²) in [5.74, 6) is -1.59. The number of Topliss-reactive ketones (excluding diaryl/α,β-unsaturated/α-hetero) is 1. The molecule has 3 saturated carbocycles. The van der Waals surface area contributed by atoms with E-state index in [2.05, 4.69) is 6.92 Å². The second kappa shape index (κ2) is 19.1. The number of allylic oxidation sites excluding steroid dienone is 1. The number of ketones is 1. The Hall–Kier alpha value is -1.90. The lowest BCUT2D eigenvalue weighted by Crippen LogP contribution is -2.78. The smallest absolute Gasteiger partial charge is 0.330 e. The van der Waals surface area contributed by atoms with Gasteiger partial charge in [-0.3, -0.25) is 4.79 Å². The number of methoxy groups -OCH3 is 3. The van der Waals surface area contributed by atoms with Crippen molar-refractivity contribution in [1.29, 1.82) is 0 Å². The Morgan fingerprint density at radius 2 is 1.31 bits per heavy atom. The zero-order chi connectivity index (χ0) is 47.6. The van der Waals surface area contributed by atoms with E-state index in [-0.39, 0.29) is 49.9 Å². The van der Waals surface area contributed by atoms with Gasteiger partial charge in [-0.2, -0.15) is 0 Å². The maximum atomic E-state index is 13.5. The average molecular weight is 923 g/mol. The van der Waals surface area contributed by atoms with Gasteiger partial charge in [-0.15, -0.1) is 0 Å². The zero-order valence-electron chi connectivity index (χ0n) is 40.7. The SMILES string of the molecule is CO[C@H]1C[C@H](O[C@H]2CC[C@@]3(C)C(=CC[C@]4(O)[C@@H]3C[C@@H](OC(=O)/C=C(\C)C(C)C)[C@@]3(C)[C@]4(O)CC[C@@]3(O)C(C)=O)C2)O[C@H](C)[C@H]1O[C@@H]1C[C@@H](OC)[C@@H](O[C@H]2C[C@@H](OC)[C@H](O)[C@@H](C)O2)[C@H](C)O1. The van der Waals surface area contributed by atoms with Crippen LogP contribution in [0.4, 0.5) is 0 Å². The predicted molar refractivity (Wildman–Crippen MR) is 234 cm³/mol. The fourth-order valence-corrected chi connectivity index (χ4v) is 12.9. The summed E-state index contributed by atoms with van der Waals surface area (Å²) in [7, 11) is 4.84. The lowest BCUT2D eigenvalue weighted by molar-refractivity contribution is -0.338. The van der Waals surface area contributed by atoms with Crippen molar-refractivity contribution in [2.75, 3.05) is 21.3 Å². The minimum atomic E-state index is -2.02. The van der Waals surface area contributed by atoms with Gasteiger partial charge >= 0.3 is 5.97 Å². The molecule has 3 aliphatic heterocycles. The third kappa shape index (κ3) is 8.75. The van der Waals surface area contributed by atoms with Crippen LogP contribution in [0.25, 0.3) is 0 Å². The molecule has 0 bridgehead atoms. The number of aliphatic hydroxyl groups is 4. The van der Waals surface area contributed by atoms with Crippen molar-refractivity contribution in [2.24, 2.45) is 22.7 Å². The molecular formula is C49H78O16. The molecule has 4 N–H and O–H groups in total. The second-order valence-corrected chi connectivity index (χ2v) is 21.0. The van der Waals surface area contributed by atoms with E-state index in [0.717, 1.165) is 11.1 Å². The van der Waals surface area contributed by atoms with Crippen molar-refractivity contribution in [3.8, 4) is 0 Å². The van der Waals surface area contributed by atoms with Crippen molar-refractivity contribution >= 4 is 11.8 Å². The van der Waals surface area contributed by atoms with Crippen molar-refractivity contribution < 1.29 is 77.4 Å². The van der Waals surface area contributed by atoms with Crippen LogP contribution in [-0.2, 0) is 57.0 Å². The van der Waals surface area contributed by atoms with Crippen LogP contribution in [-0.4, -0.2) is 156 Å². The number of carbonyl (C=O) groups excluding carboxylic acids is 2. The first kappa shape index (κ1) is 51.0. The summed E-state index contributed by atoms with van der Waals surface area (Å²) in [5, 5.41) is 48.3. The molecule has 20 atom stereocenters. The highest BCUT2D eigenvalue weighted by Crippen LogP contribution is 2.71. The normalized spacial score (nSPS) is 49.1. The molecule has 0 radical (unpaired) electrons. The van der Waals surface area contributed by atoms with Crippen LogP contribution in [0.1, 0.15) is 127 Å². The van der Waals surface area contributed by atoms with E-state index in [1.165, 1.54) is 13.0 Å². The summed E-state index contributed by atoms with van der Waals surface area (Å²) >= 11 is 0. The molecule has 65 heavy (non-hydrogen) atoms. The summed E-state index contributed by atoms with van der Waals surface area (Å²) in [6.07, 6.45) is -0.620. The van der Waals surface area contributed by atoms with E-state index >= 15 is 0 Å². The van der Waals surface area contributed by atoms with Crippen molar-refractivity contribution in [2.45, 2.75) is 229 Å². The van der Waals surface area contributed by atoms with E-state index in [9.17, 15) is 30.0 Å². The molecule has 7 rings (SSSR count). The molecule has 0 spiro atoms. The summed E-state index contributed by atoms with van der Waals surface area (Å²) in [5.41, 5.74) is -6.04. The number of ether oxygens (including phenoxy) is 10. The molecule has 0 unspecified atom stereocenters. The number of esters is 1. The summed E-state index contributed by atoms with van der Waals surface area (Å²) in [6.45, 7) is 16.4. The molecule has 370 valence electrons. The highest BCUT2D eigenvalue weighted by atomic mass is 16.7. The van der Waals surface area contributed by atoms with Crippen LogP contribution in [0.2, 0.25) is 0 Å². The minimum Gasteiger partial charge on any atom is -0.458 e. The largest absolute Gasteiger partial charge is 0.458 e. The van der Waals surface area contributed by atoms with Gasteiger partial charge < -0.3 is 67.8 Å². The van der Waals surface area contributed by atoms with Crippen LogP contribution < -0.4 is 0 Å². The quantitative estimate of drug-likeness (QED) is 0.113. The first-order chi connectivity index (χ1) is 30.5. The van der Waals surface area contributed by atoms with Crippen molar-refractivity contribution in [3.63, 3.8) is 0 Å². The molecule has 3 saturated heterocycles. The third-order valence-electron chi connectivity index (χ3n) is 17.4. The third-order valence-corrected chi connectivity index (χ3v) is 17.4. The number of aliphatic hydroxyl groups excluding tert-OH is 1. The number of rotatable bonds is 13. The molecule has 16 nitrogen and oxygen atoms in total. The first-order valence-electron chi connectivity index (χ1n) is 24.0. The number of hydrogen-bond donors (Lipinski definition) is 4. The standard InChI is InChI=1S/C49H78O16/c1-25(2)26(3)19-38(51)63-37-24-36-45(8)15-14-32(20-31(45)13-16-48(36,54)49(55)18-17-47(53,30(7)50)46(37,49)9)62-39-22-34(57-11)43(28(5)60-39)65-41-23-35(58-12)44(29(6)61-41)64-40-21-33(56-10)42(52)27(4)59-40/h13,19,25,27-29,32-37,39-44,52-55H,14-18,20-24H2,1-12H3/b26-19+/t27-,28-,29+,32+,33-,34+,35-,36-,37-,39+,40+,41-,42-,43-,44+,45+,46-,47-,48+,49-/m1/s1. The van der Waals surface area contributed by atoms with E-state index in [1.54, 1.807) is 35.2 Å². The molecule has 0 aromatic carbocycles. The fraction of sp³-hybridized carbons (Fsp3) is 0.878. The van der Waals surface area contributed by atoms with E-state index < -0.39 is 113 Å². The Bertz CT molecular complexity index is 1790. The molecule has 4 aliphatic carbocycles. The minimum absolute atomic E-state index is 0.0276. The Morgan fingerprint density at radius 3 is 1.85 bits per heavy atom. The molecule has 6 fully saturated rings. The van der Waals surface area contributed by atoms with E-state index in [0.29, 0.717) is 38.5 Å². The van der Waals surface area contributed by atoms with Crippen molar-refractivity contribution in [1.82, 2.24) is 0 Å². The van der Waals surface area contributed by atoms with Crippen LogP contribution in [0.5, 0.6) is 0 Å². The monoisotopic (exact) mass is 923 g/mol. The fourth-order valence-electron chi connectivity index (χ4n) is 12.9. The van der Waals surface area contributed by atoms with Gasteiger partial charge in [0.25, 0.3) is 0 Å². The van der Waals surface area contributed by atoms with Gasteiger partial charge in [0, 0.05) is 52.6 Å². The van der Waals surface area contributed by atoms with Gasteiger partial charge in [-0.25, -0.2) is 4.79 Å². The maximum Gasteiger partial charge on any atom is 0.330 e. The molecule has 16 heteroatoms. The Balaban J connectivity index is 1.01. The van der Waals surface area contributed by atoms with Gasteiger partial charge in [0.1, 0.15) is 41.2 Å². The van der Waals surface area contributed by atoms with Crippen LogP contribution in [0.15, 0.2) is 23.3 Å². The van der Waals surface area contributed by atoms with Gasteiger partial charge in [-0.1, -0.05) is 38.0 Å². The lowest BCUT2D eigenvalue weighted by atomic mass is 9.42. The maximum absolute atomic E-state index is 13.5. The number of fused-ring (bicyclic) bond motifs is 5. The number of carbonyl (C=O) groups is 2. The molecule has 7 aliphatic rings. The lowest BCUT2D eigenvalue weighted by Gasteiger charge is -2.67. The molecular weight excluding hydrogens is 845 g/mol. The Morgan fingerprint density at radius 1 is 0.769 bits per heavy atom. The topological polar surface area (TPSA) is 207 Å². The number of hydrogen-bond acceptors (Lipinski definition) is 16. The van der Waals surface area contributed by atoms with Gasteiger partial charge in [0.05, 0.1) is 48.1 Å². The highest BCUT2D eigenvalue weighted by Gasteiger charge is 2.81. The summed E-state index contributed by atoms with van der Waals surface area (Å²) in [4.78, 5) is 26.8. The highest BCUT2D eigenvalue weighted by molar-refractivity contribution is 5.87. The summed E-state index contributed by atoms with van der Waals surface area (Å²) < 4.78 is 62.1. The summed E-state index contributed by atoms with van der Waals surface area (Å²) in [6, 6.07) is 0. The zero-order valence-corrected chi connectivity index (χ0v) is 40.7. The molecule has 0 aromatic heterocycles.